The molecular weight excluding hydrogens is 227 g/mol. The van der Waals surface area contributed by atoms with Gasteiger partial charge in [-0.15, -0.1) is 3.89 Å². The van der Waals surface area contributed by atoms with Crippen LogP contribution in [0.2, 0.25) is 0 Å². The zero-order valence-electron chi connectivity index (χ0n) is 8.33. The molecular formula is C8H9FO5S. The minimum absolute atomic E-state index is 0.00979. The molecule has 15 heavy (non-hydrogen) atoms. The Morgan fingerprint density at radius 2 is 1.87 bits per heavy atom. The van der Waals surface area contributed by atoms with Crippen LogP contribution < -0.4 is 0 Å². The first-order valence-corrected chi connectivity index (χ1v) is 5.30. The minimum atomic E-state index is -4.99. The van der Waals surface area contributed by atoms with Gasteiger partial charge in [0.15, 0.2) is 4.90 Å². The lowest BCUT2D eigenvalue weighted by molar-refractivity contribution is 0.0594. The monoisotopic (exact) mass is 236 g/mol. The molecule has 1 aromatic heterocycles. The molecule has 1 aromatic rings. The maximum absolute atomic E-state index is 12.9. The predicted octanol–water partition coefficient (Wildman–Crippen LogP) is 1.34. The van der Waals surface area contributed by atoms with Crippen LogP contribution in [0.4, 0.5) is 3.89 Å². The number of methoxy groups -OCH3 is 1. The highest BCUT2D eigenvalue weighted by Crippen LogP contribution is 2.28. The Bertz CT molecular complexity index is 499. The highest BCUT2D eigenvalue weighted by atomic mass is 32.3. The van der Waals surface area contributed by atoms with Crippen molar-refractivity contribution in [3.8, 4) is 0 Å². The largest absolute Gasteiger partial charge is 0.465 e. The van der Waals surface area contributed by atoms with Gasteiger partial charge in [0.2, 0.25) is 0 Å². The fourth-order valence-electron chi connectivity index (χ4n) is 1.30. The number of carbonyl (C=O) groups is 1. The SMILES string of the molecule is COC(=O)c1c(C)oc(C)c1S(=O)(=O)F. The van der Waals surface area contributed by atoms with E-state index >= 15 is 0 Å². The van der Waals surface area contributed by atoms with Gasteiger partial charge in [0, 0.05) is 0 Å². The molecule has 0 N–H and O–H groups in total. The number of hydrogen-bond donors (Lipinski definition) is 0. The van der Waals surface area contributed by atoms with Crippen molar-refractivity contribution in [3.05, 3.63) is 17.1 Å². The molecule has 0 amide bonds. The van der Waals surface area contributed by atoms with Gasteiger partial charge in [0.05, 0.1) is 7.11 Å². The zero-order valence-corrected chi connectivity index (χ0v) is 9.14. The smallest absolute Gasteiger partial charge is 0.342 e. The number of rotatable bonds is 2. The number of carbonyl (C=O) groups excluding carboxylic acids is 1. The topological polar surface area (TPSA) is 73.6 Å². The maximum atomic E-state index is 12.9. The summed E-state index contributed by atoms with van der Waals surface area (Å²) in [6, 6.07) is 0. The maximum Gasteiger partial charge on any atom is 0.342 e. The summed E-state index contributed by atoms with van der Waals surface area (Å²) in [5, 5.41) is 0. The molecule has 84 valence electrons. The van der Waals surface area contributed by atoms with E-state index in [9.17, 15) is 17.1 Å². The standard InChI is InChI=1S/C8H9FO5S/c1-4-6(8(10)13-3)7(5(2)14-4)15(9,11)12/h1-3H3. The number of esters is 1. The molecule has 5 nitrogen and oxygen atoms in total. The van der Waals surface area contributed by atoms with Crippen LogP contribution in [0.3, 0.4) is 0 Å². The van der Waals surface area contributed by atoms with Gasteiger partial charge in [0.1, 0.15) is 17.1 Å². The fraction of sp³-hybridized carbons (Fsp3) is 0.375. The van der Waals surface area contributed by atoms with Crippen molar-refractivity contribution in [3.63, 3.8) is 0 Å². The highest BCUT2D eigenvalue weighted by molar-refractivity contribution is 7.86. The first kappa shape index (κ1) is 11.7. The lowest BCUT2D eigenvalue weighted by Crippen LogP contribution is -2.07. The van der Waals surface area contributed by atoms with E-state index < -0.39 is 26.7 Å². The van der Waals surface area contributed by atoms with Gasteiger partial charge >= 0.3 is 16.2 Å². The molecule has 0 atom stereocenters. The Hall–Kier alpha value is -1.37. The van der Waals surface area contributed by atoms with Crippen molar-refractivity contribution >= 4 is 16.2 Å². The summed E-state index contributed by atoms with van der Waals surface area (Å²) in [5.74, 6) is -1.11. The molecule has 0 saturated carbocycles. The van der Waals surface area contributed by atoms with Crippen molar-refractivity contribution in [2.75, 3.05) is 7.11 Å². The van der Waals surface area contributed by atoms with Gasteiger partial charge in [-0.1, -0.05) is 0 Å². The molecule has 0 radical (unpaired) electrons. The van der Waals surface area contributed by atoms with Crippen LogP contribution in [-0.4, -0.2) is 21.5 Å². The molecule has 0 aliphatic rings. The average Bonchev–Trinajstić information content (AvgIpc) is 2.38. The van der Waals surface area contributed by atoms with Crippen LogP contribution in [0.15, 0.2) is 9.31 Å². The third-order valence-corrected chi connectivity index (χ3v) is 2.82. The number of aryl methyl sites for hydroxylation is 2. The lowest BCUT2D eigenvalue weighted by Gasteiger charge is -1.98. The van der Waals surface area contributed by atoms with Crippen LogP contribution in [0, 0.1) is 13.8 Å². The summed E-state index contributed by atoms with van der Waals surface area (Å²) in [6.45, 7) is 2.61. The average molecular weight is 236 g/mol. The second-order valence-electron chi connectivity index (χ2n) is 2.85. The zero-order chi connectivity index (χ0) is 11.8. The number of ether oxygens (including phenoxy) is 1. The molecule has 1 heterocycles. The molecule has 0 spiro atoms. The summed E-state index contributed by atoms with van der Waals surface area (Å²) < 4.78 is 43.6. The van der Waals surface area contributed by atoms with Crippen molar-refractivity contribution in [2.24, 2.45) is 0 Å². The molecule has 7 heteroatoms. The summed E-state index contributed by atoms with van der Waals surface area (Å²) >= 11 is 0. The van der Waals surface area contributed by atoms with Crippen molar-refractivity contribution in [1.82, 2.24) is 0 Å². The van der Waals surface area contributed by atoms with E-state index in [1.807, 2.05) is 0 Å². The molecule has 0 fully saturated rings. The predicted molar refractivity (Wildman–Crippen MR) is 47.8 cm³/mol. The minimum Gasteiger partial charge on any atom is -0.465 e. The van der Waals surface area contributed by atoms with Crippen molar-refractivity contribution < 1.29 is 26.3 Å². The normalized spacial score (nSPS) is 11.5. The molecule has 1 rings (SSSR count). The van der Waals surface area contributed by atoms with E-state index in [1.165, 1.54) is 13.8 Å². The van der Waals surface area contributed by atoms with Gasteiger partial charge < -0.3 is 9.15 Å². The van der Waals surface area contributed by atoms with Gasteiger partial charge in [-0.3, -0.25) is 0 Å². The fourth-order valence-corrected chi connectivity index (χ4v) is 2.15. The van der Waals surface area contributed by atoms with Crippen molar-refractivity contribution in [2.45, 2.75) is 18.7 Å². The van der Waals surface area contributed by atoms with E-state index in [-0.39, 0.29) is 11.5 Å². The molecule has 0 aromatic carbocycles. The Balaban J connectivity index is 3.58. The van der Waals surface area contributed by atoms with E-state index in [4.69, 9.17) is 4.42 Å². The summed E-state index contributed by atoms with van der Waals surface area (Å²) in [5.41, 5.74) is -0.391. The van der Waals surface area contributed by atoms with Crippen LogP contribution >= 0.6 is 0 Å². The van der Waals surface area contributed by atoms with Crippen LogP contribution in [0.25, 0.3) is 0 Å². The Morgan fingerprint density at radius 3 is 2.27 bits per heavy atom. The third-order valence-electron chi connectivity index (χ3n) is 1.84. The summed E-state index contributed by atoms with van der Waals surface area (Å²) in [6.07, 6.45) is 0. The highest BCUT2D eigenvalue weighted by Gasteiger charge is 2.31. The second kappa shape index (κ2) is 3.65. The Kier molecular flexibility index (Phi) is 2.85. The molecule has 0 unspecified atom stereocenters. The second-order valence-corrected chi connectivity index (χ2v) is 4.13. The van der Waals surface area contributed by atoms with Crippen molar-refractivity contribution in [1.29, 1.82) is 0 Å². The van der Waals surface area contributed by atoms with Crippen LogP contribution in [0.1, 0.15) is 21.9 Å². The van der Waals surface area contributed by atoms with Gasteiger partial charge in [0.25, 0.3) is 0 Å². The van der Waals surface area contributed by atoms with E-state index in [1.54, 1.807) is 0 Å². The Morgan fingerprint density at radius 1 is 1.33 bits per heavy atom. The number of hydrogen-bond acceptors (Lipinski definition) is 5. The number of furan rings is 1. The van der Waals surface area contributed by atoms with Crippen LogP contribution in [-0.2, 0) is 15.0 Å². The number of halogens is 1. The van der Waals surface area contributed by atoms with E-state index in [2.05, 4.69) is 4.74 Å². The van der Waals surface area contributed by atoms with Gasteiger partial charge in [-0.05, 0) is 13.8 Å². The first-order chi connectivity index (χ1) is 6.79. The molecule has 0 bridgehead atoms. The van der Waals surface area contributed by atoms with Gasteiger partial charge in [-0.25, -0.2) is 4.79 Å². The van der Waals surface area contributed by atoms with E-state index in [0.717, 1.165) is 7.11 Å². The first-order valence-electron chi connectivity index (χ1n) is 3.92. The quantitative estimate of drug-likeness (QED) is 0.572. The Labute approximate surface area is 86.0 Å². The summed E-state index contributed by atoms with van der Waals surface area (Å²) in [7, 11) is -3.92. The van der Waals surface area contributed by atoms with Gasteiger partial charge in [-0.2, -0.15) is 8.42 Å². The third kappa shape index (κ3) is 2.01. The molecule has 0 aliphatic carbocycles. The molecule has 0 saturated heterocycles. The van der Waals surface area contributed by atoms with E-state index in [0.29, 0.717) is 0 Å². The summed E-state index contributed by atoms with van der Waals surface area (Å²) in [4.78, 5) is 10.4. The van der Waals surface area contributed by atoms with Crippen LogP contribution in [0.5, 0.6) is 0 Å². The lowest BCUT2D eigenvalue weighted by atomic mass is 10.2. The molecule has 0 aliphatic heterocycles.